The summed E-state index contributed by atoms with van der Waals surface area (Å²) in [7, 11) is 4.36. The van der Waals surface area contributed by atoms with Crippen molar-refractivity contribution in [3.05, 3.63) is 0 Å². The van der Waals surface area contributed by atoms with Crippen LogP contribution in [-0.2, 0) is 0 Å². The van der Waals surface area contributed by atoms with Crippen molar-refractivity contribution in [3.8, 4) is 0 Å². The minimum Gasteiger partial charge on any atom is -0.391 e. The maximum Gasteiger partial charge on any atom is 0.0751 e. The number of rotatable bonds is 4. The van der Waals surface area contributed by atoms with Crippen molar-refractivity contribution in [2.45, 2.75) is 83.3 Å². The molecule has 0 aromatic rings. The maximum atomic E-state index is 11.2. The molecule has 1 N–H and O–H groups in total. The zero-order valence-electron chi connectivity index (χ0n) is 14.1. The molecule has 0 saturated heterocycles. The summed E-state index contributed by atoms with van der Waals surface area (Å²) >= 11 is 0. The summed E-state index contributed by atoms with van der Waals surface area (Å²) in [6.07, 6.45) is 11.3. The van der Waals surface area contributed by atoms with E-state index >= 15 is 0 Å². The fourth-order valence-electron chi connectivity index (χ4n) is 4.93. The lowest BCUT2D eigenvalue weighted by Crippen LogP contribution is -2.58. The molecule has 2 aliphatic carbocycles. The predicted octanol–water partition coefficient (Wildman–Crippen LogP) is 4.07. The van der Waals surface area contributed by atoms with Gasteiger partial charge in [0, 0.05) is 5.54 Å². The van der Waals surface area contributed by atoms with Gasteiger partial charge in [-0.1, -0.05) is 46.0 Å². The van der Waals surface area contributed by atoms with E-state index < -0.39 is 0 Å². The fraction of sp³-hybridized carbons (Fsp3) is 1.00. The second-order valence-corrected chi connectivity index (χ2v) is 7.85. The Balaban J connectivity index is 2.12. The van der Waals surface area contributed by atoms with Crippen LogP contribution in [0.25, 0.3) is 0 Å². The van der Waals surface area contributed by atoms with Crippen molar-refractivity contribution < 1.29 is 5.11 Å². The Hall–Kier alpha value is -0.0800. The van der Waals surface area contributed by atoms with E-state index in [0.717, 1.165) is 11.8 Å². The van der Waals surface area contributed by atoms with Crippen LogP contribution in [0.2, 0.25) is 0 Å². The van der Waals surface area contributed by atoms with Gasteiger partial charge in [-0.05, 0) is 57.5 Å². The number of hydrogen-bond donors (Lipinski definition) is 1. The number of aliphatic hydroxyl groups excluding tert-OH is 1. The average Bonchev–Trinajstić information content (AvgIpc) is 2.46. The van der Waals surface area contributed by atoms with Crippen LogP contribution in [0.15, 0.2) is 0 Å². The van der Waals surface area contributed by atoms with Gasteiger partial charge in [0.05, 0.1) is 6.10 Å². The number of nitrogens with zero attached hydrogens (tertiary/aromatic N) is 1. The second kappa shape index (κ2) is 6.79. The van der Waals surface area contributed by atoms with Crippen molar-refractivity contribution in [1.29, 1.82) is 0 Å². The summed E-state index contributed by atoms with van der Waals surface area (Å²) < 4.78 is 0. The van der Waals surface area contributed by atoms with E-state index in [1.807, 2.05) is 0 Å². The van der Waals surface area contributed by atoms with E-state index in [2.05, 4.69) is 32.8 Å². The summed E-state index contributed by atoms with van der Waals surface area (Å²) in [4.78, 5) is 2.35. The molecule has 2 saturated carbocycles. The van der Waals surface area contributed by atoms with Crippen LogP contribution in [0.1, 0.15) is 71.6 Å². The zero-order valence-corrected chi connectivity index (χ0v) is 14.1. The van der Waals surface area contributed by atoms with E-state index in [1.165, 1.54) is 57.8 Å². The molecule has 118 valence electrons. The summed E-state index contributed by atoms with van der Waals surface area (Å²) in [5.74, 6) is 2.14. The van der Waals surface area contributed by atoms with Gasteiger partial charge in [0.15, 0.2) is 0 Å². The molecule has 5 atom stereocenters. The van der Waals surface area contributed by atoms with Crippen LogP contribution < -0.4 is 0 Å². The van der Waals surface area contributed by atoms with Gasteiger partial charge in [0.25, 0.3) is 0 Å². The Kier molecular flexibility index (Phi) is 5.53. The third kappa shape index (κ3) is 3.22. The Morgan fingerprint density at radius 3 is 2.55 bits per heavy atom. The Morgan fingerprint density at radius 1 is 1.20 bits per heavy atom. The van der Waals surface area contributed by atoms with Crippen molar-refractivity contribution in [3.63, 3.8) is 0 Å². The van der Waals surface area contributed by atoms with Crippen LogP contribution >= 0.6 is 0 Å². The first kappa shape index (κ1) is 16.3. The third-order valence-electron chi connectivity index (χ3n) is 6.30. The Bertz CT molecular complexity index is 304. The quantitative estimate of drug-likeness (QED) is 0.839. The molecule has 2 nitrogen and oxygen atoms in total. The average molecular weight is 281 g/mol. The second-order valence-electron chi connectivity index (χ2n) is 7.85. The van der Waals surface area contributed by atoms with Crippen molar-refractivity contribution in [1.82, 2.24) is 4.90 Å². The highest BCUT2D eigenvalue weighted by molar-refractivity contribution is 5.01. The minimum atomic E-state index is -0.130. The predicted molar refractivity (Wildman–Crippen MR) is 85.8 cm³/mol. The molecule has 0 aromatic carbocycles. The molecule has 2 rings (SSSR count). The van der Waals surface area contributed by atoms with Crippen LogP contribution in [0.5, 0.6) is 0 Å². The van der Waals surface area contributed by atoms with Crippen LogP contribution in [0, 0.1) is 17.8 Å². The molecule has 0 amide bonds. The first-order valence-electron chi connectivity index (χ1n) is 8.85. The molecular formula is C18H35NO. The first-order chi connectivity index (χ1) is 9.49. The monoisotopic (exact) mass is 281 g/mol. The summed E-state index contributed by atoms with van der Waals surface area (Å²) in [5.41, 5.74) is 0.0396. The molecule has 0 spiro atoms. The van der Waals surface area contributed by atoms with Gasteiger partial charge in [0.1, 0.15) is 0 Å². The Morgan fingerprint density at radius 2 is 1.95 bits per heavy atom. The summed E-state index contributed by atoms with van der Waals surface area (Å²) in [6.45, 7) is 4.67. The Labute approximate surface area is 125 Å². The molecule has 0 aliphatic heterocycles. The van der Waals surface area contributed by atoms with Crippen LogP contribution in [0.3, 0.4) is 0 Å². The zero-order chi connectivity index (χ0) is 14.8. The lowest BCUT2D eigenvalue weighted by atomic mass is 9.65. The smallest absolute Gasteiger partial charge is 0.0751 e. The summed E-state index contributed by atoms with van der Waals surface area (Å²) in [6, 6.07) is 0. The van der Waals surface area contributed by atoms with Crippen molar-refractivity contribution in [2.75, 3.05) is 14.1 Å². The highest BCUT2D eigenvalue weighted by Crippen LogP contribution is 2.44. The summed E-state index contributed by atoms with van der Waals surface area (Å²) in [5, 5.41) is 11.2. The highest BCUT2D eigenvalue weighted by atomic mass is 16.3. The number of aliphatic hydroxyl groups is 1. The van der Waals surface area contributed by atoms with Gasteiger partial charge in [-0.2, -0.15) is 0 Å². The standard InChI is InChI=1S/C18H35NO/c1-5-15-9-6-10-16(12-15)17(20)18(19(3)4)11-7-8-14(2)13-18/h14-17,20H,5-13H2,1-4H3. The first-order valence-corrected chi connectivity index (χ1v) is 8.85. The SMILES string of the molecule is CCC1CCCC(C(O)C2(N(C)C)CCCC(C)C2)C1. The van der Waals surface area contributed by atoms with Crippen LogP contribution in [0.4, 0.5) is 0 Å². The highest BCUT2D eigenvalue weighted by Gasteiger charge is 2.46. The minimum absolute atomic E-state index is 0.0396. The lowest BCUT2D eigenvalue weighted by molar-refractivity contribution is -0.0824. The van der Waals surface area contributed by atoms with Crippen LogP contribution in [-0.4, -0.2) is 35.7 Å². The molecule has 0 heterocycles. The number of likely N-dealkylation sites (N-methyl/N-ethyl adjacent to an activating group) is 1. The fourth-order valence-corrected chi connectivity index (χ4v) is 4.93. The normalized spacial score (nSPS) is 40.8. The molecular weight excluding hydrogens is 246 g/mol. The van der Waals surface area contributed by atoms with E-state index in [-0.39, 0.29) is 11.6 Å². The molecule has 2 heteroatoms. The van der Waals surface area contributed by atoms with Gasteiger partial charge in [-0.25, -0.2) is 0 Å². The molecule has 0 radical (unpaired) electrons. The molecule has 0 bridgehead atoms. The van der Waals surface area contributed by atoms with Gasteiger partial charge in [0.2, 0.25) is 0 Å². The lowest BCUT2D eigenvalue weighted by Gasteiger charge is -2.51. The molecule has 5 unspecified atom stereocenters. The van der Waals surface area contributed by atoms with E-state index in [1.54, 1.807) is 0 Å². The molecule has 20 heavy (non-hydrogen) atoms. The van der Waals surface area contributed by atoms with Gasteiger partial charge in [-0.3, -0.25) is 0 Å². The van der Waals surface area contributed by atoms with Gasteiger partial charge >= 0.3 is 0 Å². The van der Waals surface area contributed by atoms with E-state index in [9.17, 15) is 5.11 Å². The van der Waals surface area contributed by atoms with E-state index in [4.69, 9.17) is 0 Å². The molecule has 2 fully saturated rings. The number of hydrogen-bond acceptors (Lipinski definition) is 2. The van der Waals surface area contributed by atoms with Crippen molar-refractivity contribution in [2.24, 2.45) is 17.8 Å². The maximum absolute atomic E-state index is 11.2. The van der Waals surface area contributed by atoms with Gasteiger partial charge < -0.3 is 10.0 Å². The largest absolute Gasteiger partial charge is 0.391 e. The molecule has 0 aromatic heterocycles. The molecule has 2 aliphatic rings. The topological polar surface area (TPSA) is 23.5 Å². The van der Waals surface area contributed by atoms with E-state index in [0.29, 0.717) is 5.92 Å². The van der Waals surface area contributed by atoms with Gasteiger partial charge in [-0.15, -0.1) is 0 Å². The third-order valence-corrected chi connectivity index (χ3v) is 6.30. The van der Waals surface area contributed by atoms with Crippen molar-refractivity contribution >= 4 is 0 Å².